The Balaban J connectivity index is 1.29. The molecule has 0 spiro atoms. The normalized spacial score (nSPS) is 12.0. The summed E-state index contributed by atoms with van der Waals surface area (Å²) in [5.74, 6) is 1.65. The highest BCUT2D eigenvalue weighted by Crippen LogP contribution is 2.41. The van der Waals surface area contributed by atoms with Gasteiger partial charge in [0, 0.05) is 52.8 Å². The molecular formula is C39H21ClN4OS. The number of nitrogens with zero attached hydrogens (tertiary/aromatic N) is 4. The Bertz CT molecular complexity index is 2790. The maximum absolute atomic E-state index is 6.97. The summed E-state index contributed by atoms with van der Waals surface area (Å²) < 4.78 is 10.8. The number of para-hydroxylation sites is 3. The number of fused-ring (bicyclic) bond motifs is 9. The van der Waals surface area contributed by atoms with Crippen molar-refractivity contribution in [3.8, 4) is 28.7 Å². The van der Waals surface area contributed by atoms with Gasteiger partial charge >= 0.3 is 0 Å². The van der Waals surface area contributed by atoms with E-state index >= 15 is 0 Å². The minimum absolute atomic E-state index is 0.518. The van der Waals surface area contributed by atoms with Gasteiger partial charge in [0.15, 0.2) is 11.6 Å². The molecule has 0 bridgehead atoms. The lowest BCUT2D eigenvalue weighted by Gasteiger charge is -2.11. The second-order valence-electron chi connectivity index (χ2n) is 11.4. The molecule has 0 N–H and O–H groups in total. The lowest BCUT2D eigenvalue weighted by atomic mass is 10.1. The third-order valence-corrected chi connectivity index (χ3v) is 10.3. The number of hydrogen-bond donors (Lipinski definition) is 0. The molecule has 0 atom stereocenters. The van der Waals surface area contributed by atoms with Gasteiger partial charge in [-0.05, 0) is 42.5 Å². The lowest BCUT2D eigenvalue weighted by Crippen LogP contribution is -2.06. The Labute approximate surface area is 271 Å². The molecular weight excluding hydrogens is 608 g/mol. The zero-order valence-corrected chi connectivity index (χ0v) is 25.7. The Morgan fingerprint density at radius 1 is 0.565 bits per heavy atom. The van der Waals surface area contributed by atoms with Gasteiger partial charge in [-0.2, -0.15) is 9.97 Å². The molecule has 10 aromatic rings. The van der Waals surface area contributed by atoms with Crippen LogP contribution in [0.2, 0.25) is 5.02 Å². The summed E-state index contributed by atoms with van der Waals surface area (Å²) in [6.07, 6.45) is 0. The topological polar surface area (TPSA) is 56.7 Å². The summed E-state index contributed by atoms with van der Waals surface area (Å²) in [5, 5.41) is 7.14. The van der Waals surface area contributed by atoms with E-state index in [9.17, 15) is 0 Å². The number of rotatable bonds is 3. The molecule has 0 aliphatic heterocycles. The molecule has 46 heavy (non-hydrogen) atoms. The summed E-state index contributed by atoms with van der Waals surface area (Å²) in [7, 11) is 0. The molecule has 4 aromatic heterocycles. The highest BCUT2D eigenvalue weighted by molar-refractivity contribution is 7.26. The number of thiophene rings is 1. The molecule has 0 radical (unpaired) electrons. The van der Waals surface area contributed by atoms with E-state index in [2.05, 4.69) is 83.4 Å². The Hall–Kier alpha value is -5.56. The van der Waals surface area contributed by atoms with Crippen LogP contribution in [0.15, 0.2) is 132 Å². The molecule has 216 valence electrons. The van der Waals surface area contributed by atoms with Gasteiger partial charge in [-0.1, -0.05) is 96.5 Å². The third kappa shape index (κ3) is 3.71. The van der Waals surface area contributed by atoms with Crippen molar-refractivity contribution in [2.24, 2.45) is 0 Å². The lowest BCUT2D eigenvalue weighted by molar-refractivity contribution is 0.669. The van der Waals surface area contributed by atoms with Gasteiger partial charge in [0.05, 0.1) is 16.1 Å². The summed E-state index contributed by atoms with van der Waals surface area (Å²) >= 11 is 8.73. The minimum Gasteiger partial charge on any atom is -0.456 e. The van der Waals surface area contributed by atoms with E-state index in [1.165, 1.54) is 15.5 Å². The Kier molecular flexibility index (Phi) is 5.44. The highest BCUT2D eigenvalue weighted by Gasteiger charge is 2.21. The van der Waals surface area contributed by atoms with Crippen molar-refractivity contribution in [3.05, 3.63) is 132 Å². The van der Waals surface area contributed by atoms with Crippen molar-refractivity contribution < 1.29 is 4.42 Å². The summed E-state index contributed by atoms with van der Waals surface area (Å²) in [6.45, 7) is 0. The predicted molar refractivity (Wildman–Crippen MR) is 190 cm³/mol. The maximum atomic E-state index is 6.97. The number of benzene rings is 6. The SMILES string of the molecule is Clc1cc(-c2nc(-c3cccc4c3sc3ccccc34)nc(-n3c4ccccc4c4ccccc43)n2)cc2oc3ccccc3c12. The first-order valence-corrected chi connectivity index (χ1v) is 16.2. The summed E-state index contributed by atoms with van der Waals surface area (Å²) in [4.78, 5) is 15.5. The van der Waals surface area contributed by atoms with Crippen LogP contribution in [0.3, 0.4) is 0 Å². The van der Waals surface area contributed by atoms with Gasteiger partial charge in [0.25, 0.3) is 0 Å². The van der Waals surface area contributed by atoms with E-state index in [-0.39, 0.29) is 0 Å². The van der Waals surface area contributed by atoms with Gasteiger partial charge in [0.1, 0.15) is 11.2 Å². The number of aromatic nitrogens is 4. The van der Waals surface area contributed by atoms with Crippen LogP contribution in [0.1, 0.15) is 0 Å². The molecule has 0 aliphatic rings. The van der Waals surface area contributed by atoms with Gasteiger partial charge < -0.3 is 4.42 Å². The van der Waals surface area contributed by atoms with Crippen LogP contribution in [0.4, 0.5) is 0 Å². The van der Waals surface area contributed by atoms with Crippen LogP contribution in [-0.4, -0.2) is 19.5 Å². The van der Waals surface area contributed by atoms with Crippen molar-refractivity contribution in [3.63, 3.8) is 0 Å². The van der Waals surface area contributed by atoms with Crippen molar-refractivity contribution in [1.29, 1.82) is 0 Å². The summed E-state index contributed by atoms with van der Waals surface area (Å²) in [6, 6.07) is 43.4. The monoisotopic (exact) mass is 628 g/mol. The van der Waals surface area contributed by atoms with Crippen LogP contribution in [-0.2, 0) is 0 Å². The molecule has 0 unspecified atom stereocenters. The van der Waals surface area contributed by atoms with Crippen LogP contribution >= 0.6 is 22.9 Å². The molecule has 5 nitrogen and oxygen atoms in total. The highest BCUT2D eigenvalue weighted by atomic mass is 35.5. The fourth-order valence-electron chi connectivity index (χ4n) is 6.71. The van der Waals surface area contributed by atoms with Gasteiger partial charge in [0.2, 0.25) is 5.95 Å². The van der Waals surface area contributed by atoms with Crippen molar-refractivity contribution in [1.82, 2.24) is 19.5 Å². The van der Waals surface area contributed by atoms with E-state index in [0.29, 0.717) is 28.2 Å². The molecule has 0 fully saturated rings. The molecule has 0 aliphatic carbocycles. The average molecular weight is 629 g/mol. The first kappa shape index (κ1) is 25.7. The molecule has 6 aromatic carbocycles. The molecule has 0 saturated carbocycles. The second-order valence-corrected chi connectivity index (χ2v) is 12.8. The Morgan fingerprint density at radius 3 is 2.02 bits per heavy atom. The molecule has 4 heterocycles. The summed E-state index contributed by atoms with van der Waals surface area (Å²) in [5.41, 5.74) is 5.24. The van der Waals surface area contributed by atoms with Crippen LogP contribution < -0.4 is 0 Å². The van der Waals surface area contributed by atoms with E-state index in [4.69, 9.17) is 31.0 Å². The van der Waals surface area contributed by atoms with Crippen molar-refractivity contribution in [2.45, 2.75) is 0 Å². The molecule has 0 saturated heterocycles. The maximum Gasteiger partial charge on any atom is 0.238 e. The minimum atomic E-state index is 0.518. The zero-order chi connectivity index (χ0) is 30.4. The first-order valence-electron chi connectivity index (χ1n) is 15.0. The van der Waals surface area contributed by atoms with Crippen LogP contribution in [0, 0.1) is 0 Å². The van der Waals surface area contributed by atoms with Crippen molar-refractivity contribution >= 4 is 86.9 Å². The zero-order valence-electron chi connectivity index (χ0n) is 24.1. The fraction of sp³-hybridized carbons (Fsp3) is 0. The standard InChI is InChI=1S/C39H21ClN4OS/c40-29-20-22(21-33-35(29)27-13-3-7-18-32(27)45-33)37-41-38(28-15-9-14-26-25-12-4-8-19-34(25)46-36(26)28)43-39(42-37)44-30-16-5-1-10-23(30)24-11-2-6-17-31(24)44/h1-21H. The largest absolute Gasteiger partial charge is 0.456 e. The van der Waals surface area contributed by atoms with E-state index < -0.39 is 0 Å². The number of hydrogen-bond acceptors (Lipinski definition) is 5. The van der Waals surface area contributed by atoms with E-state index in [1.807, 2.05) is 48.5 Å². The molecule has 0 amide bonds. The van der Waals surface area contributed by atoms with E-state index in [0.717, 1.165) is 54.0 Å². The van der Waals surface area contributed by atoms with Crippen LogP contribution in [0.5, 0.6) is 0 Å². The third-order valence-electron chi connectivity index (χ3n) is 8.74. The van der Waals surface area contributed by atoms with Gasteiger partial charge in [-0.3, -0.25) is 4.57 Å². The quantitative estimate of drug-likeness (QED) is 0.195. The average Bonchev–Trinajstić information content (AvgIpc) is 3.78. The van der Waals surface area contributed by atoms with Gasteiger partial charge in [-0.25, -0.2) is 4.98 Å². The second kappa shape index (κ2) is 9.72. The first-order chi connectivity index (χ1) is 22.7. The van der Waals surface area contributed by atoms with Crippen LogP contribution in [0.25, 0.3) is 92.6 Å². The molecule has 7 heteroatoms. The fourth-order valence-corrected chi connectivity index (χ4v) is 8.23. The smallest absolute Gasteiger partial charge is 0.238 e. The number of furan rings is 1. The van der Waals surface area contributed by atoms with Gasteiger partial charge in [-0.15, -0.1) is 11.3 Å². The number of halogens is 1. The molecule has 10 rings (SSSR count). The van der Waals surface area contributed by atoms with Crippen molar-refractivity contribution in [2.75, 3.05) is 0 Å². The predicted octanol–water partition coefficient (Wildman–Crippen LogP) is 11.2. The van der Waals surface area contributed by atoms with E-state index in [1.54, 1.807) is 11.3 Å². The Morgan fingerprint density at radius 2 is 1.22 bits per heavy atom.